The summed E-state index contributed by atoms with van der Waals surface area (Å²) in [4.78, 5) is 5.18. The fourth-order valence-corrected chi connectivity index (χ4v) is 5.80. The third kappa shape index (κ3) is 5.48. The van der Waals surface area contributed by atoms with Gasteiger partial charge in [0, 0.05) is 26.2 Å². The van der Waals surface area contributed by atoms with E-state index in [0.717, 1.165) is 73.4 Å². The molecule has 3 rings (SSSR count). The van der Waals surface area contributed by atoms with Gasteiger partial charge in [-0.15, -0.1) is 0 Å². The number of aryl methyl sites for hydroxylation is 1. The highest BCUT2D eigenvalue weighted by atomic mass is 32.2. The van der Waals surface area contributed by atoms with Gasteiger partial charge in [0.15, 0.2) is 0 Å². The van der Waals surface area contributed by atoms with E-state index in [1.807, 2.05) is 46.8 Å². The maximum atomic E-state index is 13.1. The fourth-order valence-electron chi connectivity index (χ4n) is 4.30. The molecule has 0 aromatic heterocycles. The van der Waals surface area contributed by atoms with Crippen LogP contribution in [-0.2, 0) is 16.5 Å². The zero-order valence-corrected chi connectivity index (χ0v) is 20.6. The van der Waals surface area contributed by atoms with Crippen molar-refractivity contribution in [2.24, 2.45) is 0 Å². The molecule has 0 unspecified atom stereocenters. The van der Waals surface area contributed by atoms with Crippen molar-refractivity contribution in [2.75, 3.05) is 39.8 Å². The molecule has 1 aliphatic rings. The van der Waals surface area contributed by atoms with Crippen molar-refractivity contribution in [3.8, 4) is 5.75 Å². The van der Waals surface area contributed by atoms with Crippen LogP contribution in [0.2, 0.25) is 0 Å². The SMILES string of the molecule is Cc1c(C)c(C)c(S(=O)(=O)Oc2ccc(CCCN3CCN(C)CC3)cc2)c(C)c1C. The van der Waals surface area contributed by atoms with E-state index in [0.29, 0.717) is 10.6 Å². The van der Waals surface area contributed by atoms with Crippen molar-refractivity contribution >= 4 is 10.1 Å². The van der Waals surface area contributed by atoms with Gasteiger partial charge in [-0.25, -0.2) is 0 Å². The van der Waals surface area contributed by atoms with Gasteiger partial charge in [0.25, 0.3) is 0 Å². The van der Waals surface area contributed by atoms with Crippen LogP contribution in [0.4, 0.5) is 0 Å². The molecular formula is C25H36N2O3S. The van der Waals surface area contributed by atoms with Crippen LogP contribution >= 0.6 is 0 Å². The maximum Gasteiger partial charge on any atom is 0.339 e. The van der Waals surface area contributed by atoms with E-state index in [1.165, 1.54) is 5.56 Å². The quantitative estimate of drug-likeness (QED) is 0.600. The summed E-state index contributed by atoms with van der Waals surface area (Å²) in [6, 6.07) is 7.48. The monoisotopic (exact) mass is 444 g/mol. The molecule has 1 fully saturated rings. The summed E-state index contributed by atoms with van der Waals surface area (Å²) in [5.41, 5.74) is 5.87. The van der Waals surface area contributed by atoms with Crippen LogP contribution in [-0.4, -0.2) is 58.0 Å². The number of nitrogens with zero attached hydrogens (tertiary/aromatic N) is 2. The Hall–Kier alpha value is -1.89. The summed E-state index contributed by atoms with van der Waals surface area (Å²) in [5, 5.41) is 0. The third-order valence-corrected chi connectivity index (χ3v) is 8.37. The van der Waals surface area contributed by atoms with Crippen molar-refractivity contribution < 1.29 is 12.6 Å². The number of hydrogen-bond acceptors (Lipinski definition) is 5. The first-order chi connectivity index (χ1) is 14.6. The molecule has 1 aliphatic heterocycles. The first kappa shape index (κ1) is 23.8. The van der Waals surface area contributed by atoms with E-state index >= 15 is 0 Å². The second-order valence-corrected chi connectivity index (χ2v) is 10.4. The second-order valence-electron chi connectivity index (χ2n) is 8.88. The van der Waals surface area contributed by atoms with Crippen molar-refractivity contribution in [1.29, 1.82) is 0 Å². The van der Waals surface area contributed by atoms with Crippen molar-refractivity contribution in [2.45, 2.75) is 52.4 Å². The number of rotatable bonds is 7. The average molecular weight is 445 g/mol. The standard InChI is InChI=1S/C25H36N2O3S/c1-18-19(2)21(4)25(22(5)20(18)3)31(28,29)30-24-11-9-23(10-12-24)8-7-13-27-16-14-26(6)15-17-27/h9-12H,7-8,13-17H2,1-6H3. The summed E-state index contributed by atoms with van der Waals surface area (Å²) in [7, 11) is -1.72. The van der Waals surface area contributed by atoms with Crippen LogP contribution in [0.1, 0.15) is 39.8 Å². The lowest BCUT2D eigenvalue weighted by atomic mass is 9.95. The Morgan fingerprint density at radius 2 is 1.32 bits per heavy atom. The molecule has 6 heteroatoms. The Morgan fingerprint density at radius 1 is 0.806 bits per heavy atom. The van der Waals surface area contributed by atoms with Gasteiger partial charge < -0.3 is 14.0 Å². The van der Waals surface area contributed by atoms with Crippen molar-refractivity contribution in [3.05, 3.63) is 57.6 Å². The first-order valence-corrected chi connectivity index (χ1v) is 12.5. The Balaban J connectivity index is 1.64. The van der Waals surface area contributed by atoms with Gasteiger partial charge in [-0.1, -0.05) is 12.1 Å². The minimum atomic E-state index is -3.90. The molecule has 31 heavy (non-hydrogen) atoms. The summed E-state index contributed by atoms with van der Waals surface area (Å²) in [6.45, 7) is 15.3. The molecule has 0 atom stereocenters. The topological polar surface area (TPSA) is 49.9 Å². The van der Waals surface area contributed by atoms with Crippen molar-refractivity contribution in [3.63, 3.8) is 0 Å². The number of piperazine rings is 1. The minimum Gasteiger partial charge on any atom is -0.379 e. The second kappa shape index (κ2) is 9.72. The van der Waals surface area contributed by atoms with Crippen LogP contribution in [0.3, 0.4) is 0 Å². The lowest BCUT2D eigenvalue weighted by molar-refractivity contribution is 0.153. The first-order valence-electron chi connectivity index (χ1n) is 11.1. The third-order valence-electron chi connectivity index (χ3n) is 6.85. The molecule has 0 radical (unpaired) electrons. The smallest absolute Gasteiger partial charge is 0.339 e. The van der Waals surface area contributed by atoms with E-state index < -0.39 is 10.1 Å². The predicted octanol–water partition coefficient (Wildman–Crippen LogP) is 4.18. The number of likely N-dealkylation sites (N-methyl/N-ethyl adjacent to an activating group) is 1. The summed E-state index contributed by atoms with van der Waals surface area (Å²) in [6.07, 6.45) is 2.08. The van der Waals surface area contributed by atoms with Gasteiger partial charge in [-0.2, -0.15) is 8.42 Å². The summed E-state index contributed by atoms with van der Waals surface area (Å²) in [5.74, 6) is 0.359. The predicted molar refractivity (Wildman–Crippen MR) is 127 cm³/mol. The van der Waals surface area contributed by atoms with Crippen LogP contribution < -0.4 is 4.18 Å². The molecule has 0 N–H and O–H groups in total. The molecule has 170 valence electrons. The molecule has 0 aliphatic carbocycles. The van der Waals surface area contributed by atoms with Gasteiger partial charge in [-0.3, -0.25) is 0 Å². The zero-order chi connectivity index (χ0) is 22.8. The average Bonchev–Trinajstić information content (AvgIpc) is 2.73. The largest absolute Gasteiger partial charge is 0.379 e. The zero-order valence-electron chi connectivity index (χ0n) is 19.8. The minimum absolute atomic E-state index is 0.296. The Morgan fingerprint density at radius 3 is 1.87 bits per heavy atom. The molecule has 2 aromatic rings. The summed E-state index contributed by atoms with van der Waals surface area (Å²) < 4.78 is 31.7. The molecule has 2 aromatic carbocycles. The Bertz CT molecular complexity index is 993. The molecule has 1 heterocycles. The molecule has 0 bridgehead atoms. The fraction of sp³-hybridized carbons (Fsp3) is 0.520. The van der Waals surface area contributed by atoms with Crippen LogP contribution in [0, 0.1) is 34.6 Å². The van der Waals surface area contributed by atoms with Crippen LogP contribution in [0.15, 0.2) is 29.2 Å². The number of benzene rings is 2. The lowest BCUT2D eigenvalue weighted by Crippen LogP contribution is -2.44. The Kier molecular flexibility index (Phi) is 7.45. The van der Waals surface area contributed by atoms with E-state index in [9.17, 15) is 8.42 Å². The van der Waals surface area contributed by atoms with Gasteiger partial charge in [0.05, 0.1) is 0 Å². The molecule has 0 spiro atoms. The highest BCUT2D eigenvalue weighted by Crippen LogP contribution is 2.31. The lowest BCUT2D eigenvalue weighted by Gasteiger charge is -2.32. The van der Waals surface area contributed by atoms with Gasteiger partial charge in [-0.05, 0) is 107 Å². The Labute approximate surface area is 188 Å². The highest BCUT2D eigenvalue weighted by molar-refractivity contribution is 7.87. The van der Waals surface area contributed by atoms with E-state index in [1.54, 1.807) is 12.1 Å². The molecule has 0 amide bonds. The highest BCUT2D eigenvalue weighted by Gasteiger charge is 2.25. The summed E-state index contributed by atoms with van der Waals surface area (Å²) >= 11 is 0. The number of hydrogen-bond donors (Lipinski definition) is 0. The van der Waals surface area contributed by atoms with E-state index in [2.05, 4.69) is 16.8 Å². The molecular weight excluding hydrogens is 408 g/mol. The van der Waals surface area contributed by atoms with E-state index in [-0.39, 0.29) is 0 Å². The molecule has 0 saturated carbocycles. The van der Waals surface area contributed by atoms with Gasteiger partial charge in [0.2, 0.25) is 0 Å². The van der Waals surface area contributed by atoms with Crippen molar-refractivity contribution in [1.82, 2.24) is 9.80 Å². The normalized spacial score (nSPS) is 15.9. The van der Waals surface area contributed by atoms with Crippen LogP contribution in [0.25, 0.3) is 0 Å². The van der Waals surface area contributed by atoms with Gasteiger partial charge >= 0.3 is 10.1 Å². The van der Waals surface area contributed by atoms with E-state index in [4.69, 9.17) is 4.18 Å². The molecule has 5 nitrogen and oxygen atoms in total. The molecule has 1 saturated heterocycles. The van der Waals surface area contributed by atoms with Gasteiger partial charge in [0.1, 0.15) is 10.6 Å². The maximum absolute atomic E-state index is 13.1. The van der Waals surface area contributed by atoms with Crippen LogP contribution in [0.5, 0.6) is 5.75 Å².